The number of aromatic nitrogens is 2. The quantitative estimate of drug-likeness (QED) is 0.630. The van der Waals surface area contributed by atoms with Crippen LogP contribution in [0.15, 0.2) is 54.6 Å². The molecule has 4 rings (SSSR count). The SMILES string of the molecule is CC(=O)c1nc2ccccc2n1C[C@H]1CCCN1C(=O)OCc1ccccc1. The number of fused-ring (bicyclic) bond motifs is 1. The normalized spacial score (nSPS) is 16.5. The van der Waals surface area contributed by atoms with Crippen molar-refractivity contribution in [1.82, 2.24) is 14.5 Å². The molecule has 2 heterocycles. The highest BCUT2D eigenvalue weighted by atomic mass is 16.6. The topological polar surface area (TPSA) is 64.4 Å². The predicted octanol–water partition coefficient (Wildman–Crippen LogP) is 4.04. The Kier molecular flexibility index (Phi) is 5.10. The zero-order chi connectivity index (χ0) is 19.5. The molecule has 1 saturated heterocycles. The lowest BCUT2D eigenvalue weighted by Gasteiger charge is -2.25. The van der Waals surface area contributed by atoms with Gasteiger partial charge in [0.15, 0.2) is 11.6 Å². The Bertz CT molecular complexity index is 997. The van der Waals surface area contributed by atoms with Crippen LogP contribution in [0.2, 0.25) is 0 Å². The van der Waals surface area contributed by atoms with Crippen LogP contribution in [0.1, 0.15) is 35.9 Å². The number of Topliss-reactive ketones (excluding diaryl/α,β-unsaturated/α-hetero) is 1. The molecule has 1 atom stereocenters. The van der Waals surface area contributed by atoms with E-state index in [0.717, 1.165) is 29.4 Å². The third kappa shape index (κ3) is 3.63. The van der Waals surface area contributed by atoms with Gasteiger partial charge in [0, 0.05) is 20.0 Å². The highest BCUT2D eigenvalue weighted by Crippen LogP contribution is 2.24. The molecular formula is C22H23N3O3. The van der Waals surface area contributed by atoms with Crippen molar-refractivity contribution in [3.8, 4) is 0 Å². The molecule has 3 aromatic rings. The molecule has 1 amide bonds. The number of carbonyl (C=O) groups is 2. The van der Waals surface area contributed by atoms with Crippen molar-refractivity contribution >= 4 is 22.9 Å². The molecule has 2 aromatic carbocycles. The van der Waals surface area contributed by atoms with Gasteiger partial charge in [0.05, 0.1) is 17.1 Å². The van der Waals surface area contributed by atoms with E-state index in [2.05, 4.69) is 4.98 Å². The Balaban J connectivity index is 1.51. The first-order valence-electron chi connectivity index (χ1n) is 9.57. The van der Waals surface area contributed by atoms with Gasteiger partial charge in [-0.2, -0.15) is 0 Å². The first kappa shape index (κ1) is 18.2. The summed E-state index contributed by atoms with van der Waals surface area (Å²) in [5.41, 5.74) is 2.67. The monoisotopic (exact) mass is 377 g/mol. The molecular weight excluding hydrogens is 354 g/mol. The third-order valence-electron chi connectivity index (χ3n) is 5.18. The largest absolute Gasteiger partial charge is 0.445 e. The second-order valence-corrected chi connectivity index (χ2v) is 7.12. The summed E-state index contributed by atoms with van der Waals surface area (Å²) in [5, 5.41) is 0. The van der Waals surface area contributed by atoms with Crippen LogP contribution in [-0.2, 0) is 17.9 Å². The zero-order valence-corrected chi connectivity index (χ0v) is 15.9. The molecule has 1 aromatic heterocycles. The number of carbonyl (C=O) groups excluding carboxylic acids is 2. The number of imidazole rings is 1. The van der Waals surface area contributed by atoms with Crippen LogP contribution >= 0.6 is 0 Å². The summed E-state index contributed by atoms with van der Waals surface area (Å²) in [6.07, 6.45) is 1.50. The number of ketones is 1. The Morgan fingerprint density at radius 2 is 1.86 bits per heavy atom. The molecule has 0 bridgehead atoms. The first-order chi connectivity index (χ1) is 13.6. The number of benzene rings is 2. The van der Waals surface area contributed by atoms with E-state index in [-0.39, 0.29) is 24.5 Å². The van der Waals surface area contributed by atoms with Gasteiger partial charge in [0.1, 0.15) is 6.61 Å². The number of nitrogens with zero attached hydrogens (tertiary/aromatic N) is 3. The summed E-state index contributed by atoms with van der Waals surface area (Å²) in [6.45, 7) is 2.99. The van der Waals surface area contributed by atoms with Crippen molar-refractivity contribution in [2.24, 2.45) is 0 Å². The summed E-state index contributed by atoms with van der Waals surface area (Å²) >= 11 is 0. The average molecular weight is 377 g/mol. The van der Waals surface area contributed by atoms with Crippen molar-refractivity contribution < 1.29 is 14.3 Å². The molecule has 1 aliphatic rings. The van der Waals surface area contributed by atoms with E-state index >= 15 is 0 Å². The van der Waals surface area contributed by atoms with Gasteiger partial charge in [-0.25, -0.2) is 9.78 Å². The average Bonchev–Trinajstić information content (AvgIpc) is 3.32. The third-order valence-corrected chi connectivity index (χ3v) is 5.18. The molecule has 0 saturated carbocycles. The Labute approximate surface area is 163 Å². The number of para-hydroxylation sites is 2. The summed E-state index contributed by atoms with van der Waals surface area (Å²) in [5.74, 6) is 0.359. The number of hydrogen-bond donors (Lipinski definition) is 0. The van der Waals surface area contributed by atoms with Gasteiger partial charge in [0.2, 0.25) is 0 Å². The highest BCUT2D eigenvalue weighted by Gasteiger charge is 2.31. The number of likely N-dealkylation sites (tertiary alicyclic amines) is 1. The van der Waals surface area contributed by atoms with Crippen LogP contribution in [0.25, 0.3) is 11.0 Å². The van der Waals surface area contributed by atoms with Gasteiger partial charge < -0.3 is 14.2 Å². The highest BCUT2D eigenvalue weighted by molar-refractivity contribution is 5.94. The van der Waals surface area contributed by atoms with Gasteiger partial charge in [-0.05, 0) is 30.5 Å². The molecule has 0 N–H and O–H groups in total. The number of hydrogen-bond acceptors (Lipinski definition) is 4. The van der Waals surface area contributed by atoms with Gasteiger partial charge >= 0.3 is 6.09 Å². The summed E-state index contributed by atoms with van der Waals surface area (Å²) in [4.78, 5) is 31.0. The van der Waals surface area contributed by atoms with Crippen molar-refractivity contribution in [1.29, 1.82) is 0 Å². The molecule has 0 spiro atoms. The maximum atomic E-state index is 12.7. The van der Waals surface area contributed by atoms with Crippen molar-refractivity contribution in [3.63, 3.8) is 0 Å². The molecule has 144 valence electrons. The van der Waals surface area contributed by atoms with Crippen molar-refractivity contribution in [2.75, 3.05) is 6.54 Å². The van der Waals surface area contributed by atoms with Crippen LogP contribution in [0.5, 0.6) is 0 Å². The maximum Gasteiger partial charge on any atom is 0.410 e. The van der Waals surface area contributed by atoms with E-state index in [9.17, 15) is 9.59 Å². The molecule has 28 heavy (non-hydrogen) atoms. The van der Waals surface area contributed by atoms with Crippen LogP contribution in [0.4, 0.5) is 4.79 Å². The number of ether oxygens (including phenoxy) is 1. The lowest BCUT2D eigenvalue weighted by Crippen LogP contribution is -2.38. The fourth-order valence-corrected chi connectivity index (χ4v) is 3.81. The number of amides is 1. The molecule has 6 nitrogen and oxygen atoms in total. The van der Waals surface area contributed by atoms with E-state index in [1.54, 1.807) is 4.90 Å². The van der Waals surface area contributed by atoms with Crippen LogP contribution in [-0.4, -0.2) is 38.9 Å². The Hall–Kier alpha value is -3.15. The maximum absolute atomic E-state index is 12.7. The van der Waals surface area contributed by atoms with E-state index in [1.807, 2.05) is 59.2 Å². The molecule has 0 radical (unpaired) electrons. The second-order valence-electron chi connectivity index (χ2n) is 7.12. The standard InChI is InChI=1S/C22H23N3O3/c1-16(26)21-23-19-11-5-6-12-20(19)25(21)14-18-10-7-13-24(18)22(27)28-15-17-8-3-2-4-9-17/h2-6,8-9,11-12,18H,7,10,13-15H2,1H3/t18-/m1/s1. The van der Waals surface area contributed by atoms with Gasteiger partial charge in [0.25, 0.3) is 0 Å². The van der Waals surface area contributed by atoms with Crippen molar-refractivity contribution in [2.45, 2.75) is 39.0 Å². The minimum absolute atomic E-state index is 0.0148. The minimum Gasteiger partial charge on any atom is -0.445 e. The first-order valence-corrected chi connectivity index (χ1v) is 9.57. The fraction of sp³-hybridized carbons (Fsp3) is 0.318. The molecule has 1 fully saturated rings. The van der Waals surface area contributed by atoms with Crippen LogP contribution in [0.3, 0.4) is 0 Å². The molecule has 0 aliphatic carbocycles. The minimum atomic E-state index is -0.305. The lowest BCUT2D eigenvalue weighted by molar-refractivity contribution is 0.0893. The van der Waals surface area contributed by atoms with E-state index in [0.29, 0.717) is 18.9 Å². The van der Waals surface area contributed by atoms with E-state index in [4.69, 9.17) is 4.74 Å². The molecule has 0 unspecified atom stereocenters. The Morgan fingerprint density at radius 3 is 2.64 bits per heavy atom. The summed E-state index contributed by atoms with van der Waals surface area (Å²) in [6, 6.07) is 17.3. The Morgan fingerprint density at radius 1 is 1.11 bits per heavy atom. The fourth-order valence-electron chi connectivity index (χ4n) is 3.81. The van der Waals surface area contributed by atoms with Crippen molar-refractivity contribution in [3.05, 3.63) is 66.0 Å². The van der Waals surface area contributed by atoms with Crippen LogP contribution < -0.4 is 0 Å². The summed E-state index contributed by atoms with van der Waals surface area (Å²) < 4.78 is 7.46. The predicted molar refractivity (Wildman–Crippen MR) is 106 cm³/mol. The second kappa shape index (κ2) is 7.84. The van der Waals surface area contributed by atoms with E-state index in [1.165, 1.54) is 6.92 Å². The smallest absolute Gasteiger partial charge is 0.410 e. The zero-order valence-electron chi connectivity index (χ0n) is 15.9. The van der Waals surface area contributed by atoms with E-state index < -0.39 is 0 Å². The van der Waals surface area contributed by atoms with Gasteiger partial charge in [-0.15, -0.1) is 0 Å². The molecule has 6 heteroatoms. The molecule has 1 aliphatic heterocycles. The lowest BCUT2D eigenvalue weighted by atomic mass is 10.2. The van der Waals surface area contributed by atoms with Gasteiger partial charge in [-0.1, -0.05) is 42.5 Å². The number of rotatable bonds is 5. The van der Waals surface area contributed by atoms with Gasteiger partial charge in [-0.3, -0.25) is 4.79 Å². The summed E-state index contributed by atoms with van der Waals surface area (Å²) in [7, 11) is 0. The van der Waals surface area contributed by atoms with Crippen LogP contribution in [0, 0.1) is 0 Å².